The van der Waals surface area contributed by atoms with Crippen LogP contribution in [0.4, 0.5) is 4.39 Å². The lowest BCUT2D eigenvalue weighted by atomic mass is 10.0. The van der Waals surface area contributed by atoms with Crippen molar-refractivity contribution in [1.82, 2.24) is 5.32 Å². The Bertz CT molecular complexity index is 432. The van der Waals surface area contributed by atoms with Crippen molar-refractivity contribution in [3.8, 4) is 0 Å². The Morgan fingerprint density at radius 2 is 2.00 bits per heavy atom. The van der Waals surface area contributed by atoms with Gasteiger partial charge in [-0.2, -0.15) is 0 Å². The zero-order valence-corrected chi connectivity index (χ0v) is 9.90. The van der Waals surface area contributed by atoms with E-state index in [9.17, 15) is 9.18 Å². The number of carbonyl (C=O) groups excluding carboxylic acids is 1. The Hall–Kier alpha value is -1.49. The van der Waals surface area contributed by atoms with E-state index in [1.807, 2.05) is 0 Å². The molecule has 86 valence electrons. The van der Waals surface area contributed by atoms with E-state index in [4.69, 9.17) is 18.0 Å². The number of nitrogens with one attached hydrogen (secondary N) is 1. The van der Waals surface area contributed by atoms with Crippen LogP contribution in [0.1, 0.15) is 24.2 Å². The number of benzene rings is 1. The van der Waals surface area contributed by atoms with Gasteiger partial charge in [0.15, 0.2) is 0 Å². The van der Waals surface area contributed by atoms with Gasteiger partial charge in [0.05, 0.1) is 16.1 Å². The maximum absolute atomic E-state index is 13.3. The SMILES string of the molecule is CC(C)(NC(=O)c1ccccc1F)C(N)=S. The summed E-state index contributed by atoms with van der Waals surface area (Å²) in [7, 11) is 0. The molecule has 1 aromatic rings. The number of halogens is 1. The van der Waals surface area contributed by atoms with Crippen molar-refractivity contribution in [2.75, 3.05) is 0 Å². The number of hydrogen-bond donors (Lipinski definition) is 2. The zero-order chi connectivity index (χ0) is 12.3. The highest BCUT2D eigenvalue weighted by atomic mass is 32.1. The lowest BCUT2D eigenvalue weighted by Gasteiger charge is -2.24. The molecular weight excluding hydrogens is 227 g/mol. The smallest absolute Gasteiger partial charge is 0.255 e. The molecule has 0 aliphatic heterocycles. The minimum Gasteiger partial charge on any atom is -0.391 e. The van der Waals surface area contributed by atoms with Crippen LogP contribution in [-0.4, -0.2) is 16.4 Å². The van der Waals surface area contributed by atoms with Gasteiger partial charge in [-0.3, -0.25) is 4.79 Å². The summed E-state index contributed by atoms with van der Waals surface area (Å²) in [6.45, 7) is 3.32. The molecule has 5 heteroatoms. The molecule has 0 aromatic heterocycles. The first-order valence-electron chi connectivity index (χ1n) is 4.71. The van der Waals surface area contributed by atoms with Crippen molar-refractivity contribution in [2.24, 2.45) is 5.73 Å². The molecule has 0 aliphatic rings. The number of nitrogens with two attached hydrogens (primary N) is 1. The normalized spacial score (nSPS) is 10.9. The largest absolute Gasteiger partial charge is 0.391 e. The lowest BCUT2D eigenvalue weighted by Crippen LogP contribution is -2.52. The molecule has 0 unspecified atom stereocenters. The van der Waals surface area contributed by atoms with Gasteiger partial charge in [0.2, 0.25) is 0 Å². The molecule has 0 saturated heterocycles. The topological polar surface area (TPSA) is 55.1 Å². The zero-order valence-electron chi connectivity index (χ0n) is 9.08. The van der Waals surface area contributed by atoms with E-state index in [1.54, 1.807) is 19.9 Å². The number of rotatable bonds is 3. The Morgan fingerprint density at radius 3 is 2.50 bits per heavy atom. The Labute approximate surface area is 98.8 Å². The Morgan fingerprint density at radius 1 is 1.44 bits per heavy atom. The van der Waals surface area contributed by atoms with Gasteiger partial charge in [-0.15, -0.1) is 0 Å². The van der Waals surface area contributed by atoms with Gasteiger partial charge >= 0.3 is 0 Å². The van der Waals surface area contributed by atoms with Gasteiger partial charge in [-0.25, -0.2) is 4.39 Å². The van der Waals surface area contributed by atoms with Crippen LogP contribution in [0.5, 0.6) is 0 Å². The van der Waals surface area contributed by atoms with E-state index in [2.05, 4.69) is 5.32 Å². The van der Waals surface area contributed by atoms with Crippen molar-refractivity contribution in [3.05, 3.63) is 35.6 Å². The van der Waals surface area contributed by atoms with Crippen LogP contribution < -0.4 is 11.1 Å². The molecule has 1 aromatic carbocycles. The molecule has 3 nitrogen and oxygen atoms in total. The molecule has 0 fully saturated rings. The van der Waals surface area contributed by atoms with E-state index in [1.165, 1.54) is 18.2 Å². The summed E-state index contributed by atoms with van der Waals surface area (Å²) in [6, 6.07) is 5.74. The molecular formula is C11H13FN2OS. The highest BCUT2D eigenvalue weighted by molar-refractivity contribution is 7.80. The van der Waals surface area contributed by atoms with Crippen molar-refractivity contribution in [1.29, 1.82) is 0 Å². The van der Waals surface area contributed by atoms with E-state index in [0.29, 0.717) is 0 Å². The van der Waals surface area contributed by atoms with Crippen LogP contribution in [0.25, 0.3) is 0 Å². The van der Waals surface area contributed by atoms with Crippen molar-refractivity contribution < 1.29 is 9.18 Å². The van der Waals surface area contributed by atoms with Crippen molar-refractivity contribution in [2.45, 2.75) is 19.4 Å². The highest BCUT2D eigenvalue weighted by Crippen LogP contribution is 2.09. The average Bonchev–Trinajstić information content (AvgIpc) is 2.17. The van der Waals surface area contributed by atoms with Crippen LogP contribution in [0, 0.1) is 5.82 Å². The maximum Gasteiger partial charge on any atom is 0.255 e. The fourth-order valence-corrected chi connectivity index (χ4v) is 1.11. The third kappa shape index (κ3) is 2.76. The van der Waals surface area contributed by atoms with Crippen molar-refractivity contribution >= 4 is 23.1 Å². The van der Waals surface area contributed by atoms with Gasteiger partial charge in [0.25, 0.3) is 5.91 Å². The molecule has 0 spiro atoms. The van der Waals surface area contributed by atoms with Gasteiger partial charge in [0.1, 0.15) is 5.82 Å². The van der Waals surface area contributed by atoms with Gasteiger partial charge in [-0.1, -0.05) is 24.4 Å². The van der Waals surface area contributed by atoms with Gasteiger partial charge < -0.3 is 11.1 Å². The predicted molar refractivity (Wildman–Crippen MR) is 64.7 cm³/mol. The molecule has 0 aliphatic carbocycles. The second-order valence-electron chi connectivity index (χ2n) is 3.92. The first-order chi connectivity index (χ1) is 7.34. The van der Waals surface area contributed by atoms with E-state index < -0.39 is 17.3 Å². The average molecular weight is 240 g/mol. The number of amides is 1. The molecule has 0 bridgehead atoms. The van der Waals surface area contributed by atoms with Crippen molar-refractivity contribution in [3.63, 3.8) is 0 Å². The van der Waals surface area contributed by atoms with E-state index in [0.717, 1.165) is 0 Å². The van der Waals surface area contributed by atoms with Crippen LogP contribution in [-0.2, 0) is 0 Å². The van der Waals surface area contributed by atoms with Crippen LogP contribution in [0.15, 0.2) is 24.3 Å². The van der Waals surface area contributed by atoms with Gasteiger partial charge in [0, 0.05) is 0 Å². The van der Waals surface area contributed by atoms with Crippen LogP contribution in [0.3, 0.4) is 0 Å². The summed E-state index contributed by atoms with van der Waals surface area (Å²) in [5.74, 6) is -1.10. The first kappa shape index (κ1) is 12.6. The second kappa shape index (κ2) is 4.57. The summed E-state index contributed by atoms with van der Waals surface area (Å²) in [5, 5.41) is 2.57. The molecule has 1 rings (SSSR count). The number of thiocarbonyl (C=S) groups is 1. The lowest BCUT2D eigenvalue weighted by molar-refractivity contribution is 0.0928. The third-order valence-corrected chi connectivity index (χ3v) is 2.67. The minimum absolute atomic E-state index is 0.0215. The summed E-state index contributed by atoms with van der Waals surface area (Å²) in [6.07, 6.45) is 0. The summed E-state index contributed by atoms with van der Waals surface area (Å²) >= 11 is 4.80. The van der Waals surface area contributed by atoms with Gasteiger partial charge in [-0.05, 0) is 26.0 Å². The van der Waals surface area contributed by atoms with E-state index >= 15 is 0 Å². The van der Waals surface area contributed by atoms with E-state index in [-0.39, 0.29) is 10.6 Å². The summed E-state index contributed by atoms with van der Waals surface area (Å²) in [4.78, 5) is 11.9. The standard InChI is InChI=1S/C11H13FN2OS/c1-11(2,10(13)16)14-9(15)7-5-3-4-6-8(7)12/h3-6H,1-2H3,(H2,13,16)(H,14,15). The monoisotopic (exact) mass is 240 g/mol. The molecule has 0 radical (unpaired) electrons. The molecule has 16 heavy (non-hydrogen) atoms. The third-order valence-electron chi connectivity index (χ3n) is 2.16. The fourth-order valence-electron chi connectivity index (χ4n) is 1.06. The summed E-state index contributed by atoms with van der Waals surface area (Å²) in [5.41, 5.74) is 4.60. The molecule has 3 N–H and O–H groups in total. The highest BCUT2D eigenvalue weighted by Gasteiger charge is 2.25. The Balaban J connectivity index is 2.89. The molecule has 0 atom stereocenters. The minimum atomic E-state index is -0.839. The molecule has 1 amide bonds. The summed E-state index contributed by atoms with van der Waals surface area (Å²) < 4.78 is 13.3. The molecule has 0 saturated carbocycles. The molecule has 0 heterocycles. The first-order valence-corrected chi connectivity index (χ1v) is 5.12. The van der Waals surface area contributed by atoms with Crippen LogP contribution in [0.2, 0.25) is 0 Å². The predicted octanol–water partition coefficient (Wildman–Crippen LogP) is 1.62. The number of carbonyl (C=O) groups is 1. The quantitative estimate of drug-likeness (QED) is 0.789. The maximum atomic E-state index is 13.3. The van der Waals surface area contributed by atoms with Crippen LogP contribution >= 0.6 is 12.2 Å². The second-order valence-corrected chi connectivity index (χ2v) is 4.36. The fraction of sp³-hybridized carbons (Fsp3) is 0.273. The number of hydrogen-bond acceptors (Lipinski definition) is 2. The Kier molecular flexibility index (Phi) is 3.59.